The summed E-state index contributed by atoms with van der Waals surface area (Å²) in [6.45, 7) is 7.69. The summed E-state index contributed by atoms with van der Waals surface area (Å²) in [6, 6.07) is 4.60. The normalized spacial score (nSPS) is 25.4. The summed E-state index contributed by atoms with van der Waals surface area (Å²) in [5, 5.41) is 3.42. The lowest BCUT2D eigenvalue weighted by molar-refractivity contribution is 0.497. The maximum atomic E-state index is 5.82. The number of nitrogens with one attached hydrogen (secondary N) is 1. The smallest absolute Gasteiger partial charge is 0.126 e. The SMILES string of the molecule is CCCNC(C)/C=C/c1ccc(C2CC2C)o1. The average Bonchev–Trinajstić information content (AvgIpc) is 2.88. The summed E-state index contributed by atoms with van der Waals surface area (Å²) >= 11 is 0. The topological polar surface area (TPSA) is 25.2 Å². The van der Waals surface area contributed by atoms with E-state index in [4.69, 9.17) is 4.42 Å². The molecule has 2 nitrogen and oxygen atoms in total. The van der Waals surface area contributed by atoms with E-state index in [0.29, 0.717) is 12.0 Å². The molecule has 1 aliphatic carbocycles. The monoisotopic (exact) mass is 233 g/mol. The molecule has 17 heavy (non-hydrogen) atoms. The molecule has 94 valence electrons. The number of furan rings is 1. The van der Waals surface area contributed by atoms with Crippen molar-refractivity contribution in [1.82, 2.24) is 5.32 Å². The van der Waals surface area contributed by atoms with Crippen LogP contribution >= 0.6 is 0 Å². The van der Waals surface area contributed by atoms with Gasteiger partial charge in [0.05, 0.1) is 0 Å². The van der Waals surface area contributed by atoms with Crippen molar-refractivity contribution in [2.75, 3.05) is 6.54 Å². The van der Waals surface area contributed by atoms with Crippen molar-refractivity contribution >= 4 is 6.08 Å². The van der Waals surface area contributed by atoms with Gasteiger partial charge in [0, 0.05) is 12.0 Å². The van der Waals surface area contributed by atoms with Crippen molar-refractivity contribution in [2.24, 2.45) is 5.92 Å². The Balaban J connectivity index is 1.85. The molecule has 0 aliphatic heterocycles. The first kappa shape index (κ1) is 12.4. The molecule has 0 aromatic carbocycles. The summed E-state index contributed by atoms with van der Waals surface area (Å²) < 4.78 is 5.82. The highest BCUT2D eigenvalue weighted by Crippen LogP contribution is 2.47. The van der Waals surface area contributed by atoms with Gasteiger partial charge in [-0.3, -0.25) is 0 Å². The molecular weight excluding hydrogens is 210 g/mol. The van der Waals surface area contributed by atoms with Crippen LogP contribution in [-0.2, 0) is 0 Å². The molecule has 1 heterocycles. The third-order valence-electron chi connectivity index (χ3n) is 3.39. The molecule has 1 aliphatic rings. The average molecular weight is 233 g/mol. The minimum atomic E-state index is 0.406. The zero-order valence-corrected chi connectivity index (χ0v) is 11.1. The van der Waals surface area contributed by atoms with Crippen molar-refractivity contribution in [2.45, 2.75) is 45.6 Å². The van der Waals surface area contributed by atoms with Crippen LogP contribution in [0.25, 0.3) is 6.08 Å². The van der Waals surface area contributed by atoms with Gasteiger partial charge >= 0.3 is 0 Å². The van der Waals surface area contributed by atoms with E-state index in [1.165, 1.54) is 12.8 Å². The molecule has 3 atom stereocenters. The Kier molecular flexibility index (Phi) is 4.06. The van der Waals surface area contributed by atoms with Crippen molar-refractivity contribution in [1.29, 1.82) is 0 Å². The van der Waals surface area contributed by atoms with E-state index in [-0.39, 0.29) is 0 Å². The van der Waals surface area contributed by atoms with E-state index in [1.807, 2.05) is 0 Å². The first-order valence-electron chi connectivity index (χ1n) is 6.72. The minimum Gasteiger partial charge on any atom is -0.461 e. The van der Waals surface area contributed by atoms with Crippen molar-refractivity contribution in [3.05, 3.63) is 29.7 Å². The number of hydrogen-bond acceptors (Lipinski definition) is 2. The predicted octanol–water partition coefficient (Wildman–Crippen LogP) is 3.80. The number of hydrogen-bond donors (Lipinski definition) is 1. The van der Waals surface area contributed by atoms with Crippen molar-refractivity contribution < 1.29 is 4.42 Å². The molecule has 1 saturated carbocycles. The molecule has 0 saturated heterocycles. The van der Waals surface area contributed by atoms with Crippen LogP contribution in [0.3, 0.4) is 0 Å². The summed E-state index contributed by atoms with van der Waals surface area (Å²) in [4.78, 5) is 0. The minimum absolute atomic E-state index is 0.406. The molecule has 0 amide bonds. The molecule has 1 aromatic rings. The van der Waals surface area contributed by atoms with E-state index in [1.54, 1.807) is 0 Å². The first-order valence-corrected chi connectivity index (χ1v) is 6.72. The quantitative estimate of drug-likeness (QED) is 0.808. The molecule has 2 heteroatoms. The van der Waals surface area contributed by atoms with Crippen LogP contribution in [0.2, 0.25) is 0 Å². The van der Waals surface area contributed by atoms with Gasteiger partial charge in [0.2, 0.25) is 0 Å². The van der Waals surface area contributed by atoms with E-state index >= 15 is 0 Å². The van der Waals surface area contributed by atoms with Gasteiger partial charge in [-0.25, -0.2) is 0 Å². The fourth-order valence-corrected chi connectivity index (χ4v) is 2.06. The standard InChI is InChI=1S/C15H23NO/c1-4-9-16-12(3)5-6-13-7-8-15(17-13)14-10-11(14)2/h5-8,11-12,14,16H,4,9-10H2,1-3H3/b6-5+. The van der Waals surface area contributed by atoms with Crippen LogP contribution in [0.4, 0.5) is 0 Å². The van der Waals surface area contributed by atoms with Crippen molar-refractivity contribution in [3.63, 3.8) is 0 Å². The summed E-state index contributed by atoms with van der Waals surface area (Å²) in [7, 11) is 0. The van der Waals surface area contributed by atoms with Gasteiger partial charge in [-0.15, -0.1) is 0 Å². The predicted molar refractivity (Wildman–Crippen MR) is 72.0 cm³/mol. The molecular formula is C15H23NO. The Morgan fingerprint density at radius 3 is 2.94 bits per heavy atom. The lowest BCUT2D eigenvalue weighted by Crippen LogP contribution is -2.24. The maximum Gasteiger partial charge on any atom is 0.126 e. The summed E-state index contributed by atoms with van der Waals surface area (Å²) in [5.41, 5.74) is 0. The van der Waals surface area contributed by atoms with Crippen LogP contribution in [0, 0.1) is 5.92 Å². The van der Waals surface area contributed by atoms with E-state index < -0.39 is 0 Å². The fraction of sp³-hybridized carbons (Fsp3) is 0.600. The summed E-state index contributed by atoms with van der Waals surface area (Å²) in [5.74, 6) is 3.62. The lowest BCUT2D eigenvalue weighted by Gasteiger charge is -2.06. The molecule has 1 fully saturated rings. The summed E-state index contributed by atoms with van der Waals surface area (Å²) in [6.07, 6.45) is 6.69. The zero-order valence-electron chi connectivity index (χ0n) is 11.1. The molecule has 3 unspecified atom stereocenters. The van der Waals surface area contributed by atoms with Gasteiger partial charge in [-0.2, -0.15) is 0 Å². The molecule has 0 bridgehead atoms. The zero-order chi connectivity index (χ0) is 12.3. The second-order valence-electron chi connectivity index (χ2n) is 5.16. The molecule has 0 spiro atoms. The van der Waals surface area contributed by atoms with Gasteiger partial charge < -0.3 is 9.73 Å². The Morgan fingerprint density at radius 1 is 1.53 bits per heavy atom. The van der Waals surface area contributed by atoms with Gasteiger partial charge in [-0.05, 0) is 50.4 Å². The van der Waals surface area contributed by atoms with E-state index in [2.05, 4.69) is 50.4 Å². The fourth-order valence-electron chi connectivity index (χ4n) is 2.06. The molecule has 2 rings (SSSR count). The number of rotatable bonds is 6. The van der Waals surface area contributed by atoms with Crippen LogP contribution < -0.4 is 5.32 Å². The van der Waals surface area contributed by atoms with Gasteiger partial charge in [-0.1, -0.05) is 19.9 Å². The maximum absolute atomic E-state index is 5.82. The second-order valence-corrected chi connectivity index (χ2v) is 5.16. The van der Waals surface area contributed by atoms with Gasteiger partial charge in [0.15, 0.2) is 0 Å². The second kappa shape index (κ2) is 5.54. The largest absolute Gasteiger partial charge is 0.461 e. The Labute approximate surface area is 104 Å². The lowest BCUT2D eigenvalue weighted by atomic mass is 10.2. The highest BCUT2D eigenvalue weighted by atomic mass is 16.3. The highest BCUT2D eigenvalue weighted by Gasteiger charge is 2.36. The van der Waals surface area contributed by atoms with Crippen LogP contribution in [0.1, 0.15) is 51.1 Å². The Bertz CT molecular complexity index is 380. The molecule has 1 aromatic heterocycles. The Hall–Kier alpha value is -1.02. The first-order chi connectivity index (χ1) is 8.20. The van der Waals surface area contributed by atoms with Crippen molar-refractivity contribution in [3.8, 4) is 0 Å². The van der Waals surface area contributed by atoms with Gasteiger partial charge in [0.25, 0.3) is 0 Å². The third-order valence-corrected chi connectivity index (χ3v) is 3.39. The van der Waals surface area contributed by atoms with E-state index in [0.717, 1.165) is 24.0 Å². The van der Waals surface area contributed by atoms with Gasteiger partial charge in [0.1, 0.15) is 11.5 Å². The Morgan fingerprint density at radius 2 is 2.29 bits per heavy atom. The highest BCUT2D eigenvalue weighted by molar-refractivity contribution is 5.44. The molecule has 1 N–H and O–H groups in total. The van der Waals surface area contributed by atoms with Crippen LogP contribution in [0.15, 0.2) is 22.6 Å². The van der Waals surface area contributed by atoms with Crippen LogP contribution in [-0.4, -0.2) is 12.6 Å². The van der Waals surface area contributed by atoms with E-state index in [9.17, 15) is 0 Å². The third kappa shape index (κ3) is 3.47. The van der Waals surface area contributed by atoms with Crippen LogP contribution in [0.5, 0.6) is 0 Å². The molecule has 0 radical (unpaired) electrons.